The maximum absolute atomic E-state index is 13.6. The number of nitrogens with zero attached hydrogens (tertiary/aromatic N) is 1. The molecule has 0 aliphatic heterocycles. The van der Waals surface area contributed by atoms with Crippen molar-refractivity contribution in [1.29, 1.82) is 0 Å². The summed E-state index contributed by atoms with van der Waals surface area (Å²) >= 11 is 0. The molecule has 0 saturated carbocycles. The standard InChI is InChI=1S/C12H15FN4O3S/c1-7-9(6-14)12(16-15-7)21(18,19)17-8-3-4-11(20-2)10(13)5-8/h3-5,17H,6,14H2,1-2H3,(H,15,16). The van der Waals surface area contributed by atoms with Crippen molar-refractivity contribution in [1.82, 2.24) is 10.2 Å². The number of H-pyrrole nitrogens is 1. The molecule has 2 aromatic rings. The molecule has 1 aromatic heterocycles. The van der Waals surface area contributed by atoms with E-state index in [0.29, 0.717) is 11.3 Å². The van der Waals surface area contributed by atoms with Crippen LogP contribution in [0.1, 0.15) is 11.3 Å². The summed E-state index contributed by atoms with van der Waals surface area (Å²) in [6.07, 6.45) is 0. The number of hydrogen-bond acceptors (Lipinski definition) is 5. The van der Waals surface area contributed by atoms with Crippen molar-refractivity contribution in [3.05, 3.63) is 35.3 Å². The molecule has 0 aliphatic carbocycles. The van der Waals surface area contributed by atoms with E-state index in [9.17, 15) is 12.8 Å². The van der Waals surface area contributed by atoms with E-state index in [4.69, 9.17) is 10.5 Å². The lowest BCUT2D eigenvalue weighted by Crippen LogP contribution is -2.16. The lowest BCUT2D eigenvalue weighted by molar-refractivity contribution is 0.386. The van der Waals surface area contributed by atoms with Crippen molar-refractivity contribution in [3.63, 3.8) is 0 Å². The van der Waals surface area contributed by atoms with E-state index < -0.39 is 15.8 Å². The minimum atomic E-state index is -3.95. The molecule has 114 valence electrons. The molecule has 0 radical (unpaired) electrons. The van der Waals surface area contributed by atoms with Gasteiger partial charge in [-0.2, -0.15) is 13.5 Å². The number of aromatic amines is 1. The fourth-order valence-corrected chi connectivity index (χ4v) is 3.09. The first-order chi connectivity index (χ1) is 9.89. The zero-order valence-electron chi connectivity index (χ0n) is 11.5. The van der Waals surface area contributed by atoms with Gasteiger partial charge in [0.15, 0.2) is 11.6 Å². The summed E-state index contributed by atoms with van der Waals surface area (Å²) in [6.45, 7) is 1.69. The van der Waals surface area contributed by atoms with Gasteiger partial charge in [0.05, 0.1) is 12.8 Å². The van der Waals surface area contributed by atoms with E-state index in [1.54, 1.807) is 6.92 Å². The molecule has 1 aromatic carbocycles. The summed E-state index contributed by atoms with van der Waals surface area (Å²) in [5.74, 6) is -0.647. The normalized spacial score (nSPS) is 11.4. The number of hydrogen-bond donors (Lipinski definition) is 3. The van der Waals surface area contributed by atoms with E-state index in [1.165, 1.54) is 19.2 Å². The quantitative estimate of drug-likeness (QED) is 0.766. The number of rotatable bonds is 5. The van der Waals surface area contributed by atoms with Crippen molar-refractivity contribution in [2.24, 2.45) is 5.73 Å². The molecule has 0 unspecified atom stereocenters. The molecule has 0 atom stereocenters. The molecule has 0 saturated heterocycles. The van der Waals surface area contributed by atoms with E-state index in [1.807, 2.05) is 0 Å². The number of aromatic nitrogens is 2. The summed E-state index contributed by atoms with van der Waals surface area (Å²) in [5.41, 5.74) is 6.54. The Kier molecular flexibility index (Phi) is 4.14. The fourth-order valence-electron chi connectivity index (χ4n) is 1.83. The number of methoxy groups -OCH3 is 1. The van der Waals surface area contributed by atoms with Crippen molar-refractivity contribution in [2.75, 3.05) is 11.8 Å². The summed E-state index contributed by atoms with van der Waals surface area (Å²) in [7, 11) is -2.63. The van der Waals surface area contributed by atoms with Gasteiger partial charge in [0.2, 0.25) is 5.03 Å². The van der Waals surface area contributed by atoms with Crippen LogP contribution in [0, 0.1) is 12.7 Å². The van der Waals surface area contributed by atoms with Crippen LogP contribution >= 0.6 is 0 Å². The van der Waals surface area contributed by atoms with Crippen LogP contribution in [0.15, 0.2) is 23.2 Å². The molecule has 0 fully saturated rings. The highest BCUT2D eigenvalue weighted by Crippen LogP contribution is 2.24. The van der Waals surface area contributed by atoms with E-state index in [0.717, 1.165) is 6.07 Å². The first-order valence-corrected chi connectivity index (χ1v) is 7.47. The Morgan fingerprint density at radius 1 is 1.48 bits per heavy atom. The number of aryl methyl sites for hydroxylation is 1. The molecule has 4 N–H and O–H groups in total. The lowest BCUT2D eigenvalue weighted by Gasteiger charge is -2.09. The first-order valence-electron chi connectivity index (χ1n) is 5.99. The topological polar surface area (TPSA) is 110 Å². The number of anilines is 1. The summed E-state index contributed by atoms with van der Waals surface area (Å²) < 4.78 is 45.1. The lowest BCUT2D eigenvalue weighted by atomic mass is 10.3. The highest BCUT2D eigenvalue weighted by Gasteiger charge is 2.23. The average molecular weight is 314 g/mol. The molecular weight excluding hydrogens is 299 g/mol. The first kappa shape index (κ1) is 15.3. The molecule has 0 spiro atoms. The molecule has 7 nitrogen and oxygen atoms in total. The minimum absolute atomic E-state index is 0.0234. The Bertz CT molecular complexity index is 758. The number of benzene rings is 1. The predicted octanol–water partition coefficient (Wildman–Crippen LogP) is 1.13. The van der Waals surface area contributed by atoms with E-state index in [-0.39, 0.29) is 23.0 Å². The van der Waals surface area contributed by atoms with E-state index >= 15 is 0 Å². The Morgan fingerprint density at radius 3 is 2.76 bits per heavy atom. The second-order valence-corrected chi connectivity index (χ2v) is 5.89. The van der Waals surface area contributed by atoms with Crippen molar-refractivity contribution in [2.45, 2.75) is 18.5 Å². The smallest absolute Gasteiger partial charge is 0.281 e. The number of sulfonamides is 1. The zero-order valence-corrected chi connectivity index (χ0v) is 12.3. The molecule has 0 amide bonds. The van der Waals surface area contributed by atoms with Crippen LogP contribution in [0.5, 0.6) is 5.75 Å². The van der Waals surface area contributed by atoms with Crippen molar-refractivity contribution >= 4 is 15.7 Å². The Labute approximate surface area is 121 Å². The highest BCUT2D eigenvalue weighted by molar-refractivity contribution is 7.92. The zero-order chi connectivity index (χ0) is 15.6. The third-order valence-corrected chi connectivity index (χ3v) is 4.25. The Morgan fingerprint density at radius 2 is 2.19 bits per heavy atom. The van der Waals surface area contributed by atoms with Gasteiger partial charge >= 0.3 is 0 Å². The Balaban J connectivity index is 2.35. The largest absolute Gasteiger partial charge is 0.494 e. The van der Waals surface area contributed by atoms with Crippen LogP contribution in [0.4, 0.5) is 10.1 Å². The van der Waals surface area contributed by atoms with Crippen molar-refractivity contribution < 1.29 is 17.5 Å². The van der Waals surface area contributed by atoms with Crippen LogP contribution in [0.2, 0.25) is 0 Å². The molecule has 2 rings (SSSR count). The van der Waals surface area contributed by atoms with Crippen LogP contribution < -0.4 is 15.2 Å². The number of ether oxygens (including phenoxy) is 1. The third-order valence-electron chi connectivity index (χ3n) is 2.90. The van der Waals surface area contributed by atoms with Crippen LogP contribution in [0.25, 0.3) is 0 Å². The number of nitrogens with one attached hydrogen (secondary N) is 2. The molecule has 21 heavy (non-hydrogen) atoms. The minimum Gasteiger partial charge on any atom is -0.494 e. The fraction of sp³-hybridized carbons (Fsp3) is 0.250. The molecule has 1 heterocycles. The predicted molar refractivity (Wildman–Crippen MR) is 75.0 cm³/mol. The van der Waals surface area contributed by atoms with E-state index in [2.05, 4.69) is 14.9 Å². The van der Waals surface area contributed by atoms with Gasteiger partial charge in [-0.05, 0) is 19.1 Å². The van der Waals surface area contributed by atoms with Crippen LogP contribution in [-0.2, 0) is 16.6 Å². The number of nitrogens with two attached hydrogens (primary N) is 1. The van der Waals surface area contributed by atoms with Gasteiger partial charge in [0, 0.05) is 23.9 Å². The maximum Gasteiger partial charge on any atom is 0.281 e. The maximum atomic E-state index is 13.6. The summed E-state index contributed by atoms with van der Waals surface area (Å²) in [6, 6.07) is 3.74. The van der Waals surface area contributed by atoms with Gasteiger partial charge in [0.25, 0.3) is 10.0 Å². The highest BCUT2D eigenvalue weighted by atomic mass is 32.2. The van der Waals surface area contributed by atoms with Gasteiger partial charge in [-0.15, -0.1) is 0 Å². The van der Waals surface area contributed by atoms with Gasteiger partial charge in [-0.1, -0.05) is 0 Å². The Hall–Kier alpha value is -2.13. The molecule has 0 bridgehead atoms. The van der Waals surface area contributed by atoms with Gasteiger partial charge in [0.1, 0.15) is 0 Å². The third kappa shape index (κ3) is 2.98. The summed E-state index contributed by atoms with van der Waals surface area (Å²) in [5, 5.41) is 6.11. The second kappa shape index (κ2) is 5.70. The average Bonchev–Trinajstić information content (AvgIpc) is 2.80. The summed E-state index contributed by atoms with van der Waals surface area (Å²) in [4.78, 5) is 0. The van der Waals surface area contributed by atoms with Crippen molar-refractivity contribution in [3.8, 4) is 5.75 Å². The number of halogens is 1. The van der Waals surface area contributed by atoms with Gasteiger partial charge in [-0.25, -0.2) is 4.39 Å². The molecular formula is C12H15FN4O3S. The van der Waals surface area contributed by atoms with Gasteiger partial charge in [-0.3, -0.25) is 9.82 Å². The van der Waals surface area contributed by atoms with Crippen LogP contribution in [0.3, 0.4) is 0 Å². The second-order valence-electron chi connectivity index (χ2n) is 4.29. The SMILES string of the molecule is COc1ccc(NS(=O)(=O)c2n[nH]c(C)c2CN)cc1F. The van der Waals surface area contributed by atoms with Crippen LogP contribution in [-0.4, -0.2) is 25.7 Å². The molecule has 9 heteroatoms. The monoisotopic (exact) mass is 314 g/mol. The van der Waals surface area contributed by atoms with Gasteiger partial charge < -0.3 is 10.5 Å². The molecule has 0 aliphatic rings.